The first-order valence-corrected chi connectivity index (χ1v) is 10.3. The number of rotatable bonds is 4. The lowest BCUT2D eigenvalue weighted by atomic mass is 9.73. The first-order chi connectivity index (χ1) is 12.8. The van der Waals surface area contributed by atoms with Gasteiger partial charge in [-0.1, -0.05) is 95.9 Å². The van der Waals surface area contributed by atoms with Gasteiger partial charge in [0.15, 0.2) is 0 Å². The highest BCUT2D eigenvalue weighted by molar-refractivity contribution is 14.1. The van der Waals surface area contributed by atoms with E-state index in [1.165, 1.54) is 22.1 Å². The van der Waals surface area contributed by atoms with Gasteiger partial charge in [-0.05, 0) is 35.8 Å². The third-order valence-corrected chi connectivity index (χ3v) is 6.34. The molecule has 1 heterocycles. The summed E-state index contributed by atoms with van der Waals surface area (Å²) in [6.07, 6.45) is 6.32. The van der Waals surface area contributed by atoms with Crippen molar-refractivity contribution >= 4 is 39.1 Å². The summed E-state index contributed by atoms with van der Waals surface area (Å²) in [5, 5.41) is 1.18. The standard InChI is InChI=1S/C24H20IN/c1-3-10-20-19(4-2)23-21(15-17-11-8-9-14-22(17)26-23)24(20,16-25)18-12-6-5-7-13-18/h3-15H,2,16H2,1H3/b10-3-. The molecule has 0 bridgehead atoms. The van der Waals surface area contributed by atoms with Crippen LogP contribution < -0.4 is 0 Å². The summed E-state index contributed by atoms with van der Waals surface area (Å²) in [7, 11) is 0. The van der Waals surface area contributed by atoms with Crippen LogP contribution in [0.2, 0.25) is 0 Å². The lowest BCUT2D eigenvalue weighted by molar-refractivity contribution is 0.730. The second-order valence-corrected chi connectivity index (χ2v) is 7.28. The van der Waals surface area contributed by atoms with E-state index < -0.39 is 0 Å². The maximum Gasteiger partial charge on any atom is 0.0757 e. The zero-order chi connectivity index (χ0) is 18.1. The molecule has 0 aliphatic heterocycles. The van der Waals surface area contributed by atoms with Crippen LogP contribution in [0.15, 0.2) is 91.0 Å². The van der Waals surface area contributed by atoms with Crippen LogP contribution in [0.25, 0.3) is 16.5 Å². The lowest BCUT2D eigenvalue weighted by Gasteiger charge is -2.32. The molecule has 2 heteroatoms. The average molecular weight is 449 g/mol. The lowest BCUT2D eigenvalue weighted by Crippen LogP contribution is -2.29. The topological polar surface area (TPSA) is 12.9 Å². The van der Waals surface area contributed by atoms with Gasteiger partial charge in [0.05, 0.1) is 16.6 Å². The minimum atomic E-state index is -0.204. The largest absolute Gasteiger partial charge is 0.247 e. The number of para-hydroxylation sites is 1. The maximum atomic E-state index is 5.04. The third-order valence-electron chi connectivity index (χ3n) is 5.19. The normalized spacial score (nSPS) is 19.3. The number of halogens is 1. The number of fused-ring (bicyclic) bond motifs is 2. The Labute approximate surface area is 168 Å². The minimum absolute atomic E-state index is 0.204. The van der Waals surface area contributed by atoms with Gasteiger partial charge >= 0.3 is 0 Å². The Balaban J connectivity index is 2.15. The smallest absolute Gasteiger partial charge is 0.0757 e. The van der Waals surface area contributed by atoms with Crippen LogP contribution in [0.5, 0.6) is 0 Å². The Morgan fingerprint density at radius 3 is 2.50 bits per heavy atom. The van der Waals surface area contributed by atoms with E-state index in [4.69, 9.17) is 4.98 Å². The van der Waals surface area contributed by atoms with Crippen molar-refractivity contribution < 1.29 is 0 Å². The number of hydrogen-bond donors (Lipinski definition) is 0. The summed E-state index contributed by atoms with van der Waals surface area (Å²) in [5.41, 5.74) is 6.90. The molecule has 0 radical (unpaired) electrons. The summed E-state index contributed by atoms with van der Waals surface area (Å²) in [4.78, 5) is 5.04. The number of alkyl halides is 1. The zero-order valence-corrected chi connectivity index (χ0v) is 16.9. The molecule has 2 aromatic carbocycles. The monoisotopic (exact) mass is 449 g/mol. The summed E-state index contributed by atoms with van der Waals surface area (Å²) in [6.45, 7) is 6.19. The van der Waals surface area contributed by atoms with Crippen molar-refractivity contribution in [1.29, 1.82) is 0 Å². The molecular formula is C24H20IN. The van der Waals surface area contributed by atoms with E-state index in [1.807, 2.05) is 12.1 Å². The second kappa shape index (κ2) is 6.84. The van der Waals surface area contributed by atoms with Gasteiger partial charge in [0.2, 0.25) is 0 Å². The molecule has 0 amide bonds. The molecule has 3 aromatic rings. The number of nitrogens with zero attached hydrogens (tertiary/aromatic N) is 1. The fraction of sp³-hybridized carbons (Fsp3) is 0.125. The van der Waals surface area contributed by atoms with Gasteiger partial charge in [-0.15, -0.1) is 0 Å². The molecule has 26 heavy (non-hydrogen) atoms. The van der Waals surface area contributed by atoms with Gasteiger partial charge in [0.25, 0.3) is 0 Å². The van der Waals surface area contributed by atoms with Crippen LogP contribution in [-0.2, 0) is 5.41 Å². The van der Waals surface area contributed by atoms with Gasteiger partial charge in [-0.2, -0.15) is 0 Å². The van der Waals surface area contributed by atoms with Crippen molar-refractivity contribution in [2.75, 3.05) is 4.43 Å². The number of aromatic nitrogens is 1. The predicted molar refractivity (Wildman–Crippen MR) is 120 cm³/mol. The number of hydrogen-bond acceptors (Lipinski definition) is 1. The molecule has 0 spiro atoms. The summed E-state index contributed by atoms with van der Waals surface area (Å²) in [6, 6.07) is 21.5. The fourth-order valence-corrected chi connectivity index (χ4v) is 5.27. The summed E-state index contributed by atoms with van der Waals surface area (Å²) in [5.74, 6) is 0. The highest BCUT2D eigenvalue weighted by Gasteiger charge is 2.45. The van der Waals surface area contributed by atoms with Gasteiger partial charge < -0.3 is 0 Å². The molecule has 1 aliphatic rings. The van der Waals surface area contributed by atoms with E-state index in [-0.39, 0.29) is 5.41 Å². The van der Waals surface area contributed by atoms with Crippen molar-refractivity contribution in [1.82, 2.24) is 4.98 Å². The van der Waals surface area contributed by atoms with E-state index in [0.717, 1.165) is 21.2 Å². The first kappa shape index (κ1) is 17.2. The van der Waals surface area contributed by atoms with E-state index in [0.29, 0.717) is 0 Å². The van der Waals surface area contributed by atoms with Crippen molar-refractivity contribution in [3.63, 3.8) is 0 Å². The quantitative estimate of drug-likeness (QED) is 0.328. The Morgan fingerprint density at radius 1 is 1.08 bits per heavy atom. The van der Waals surface area contributed by atoms with E-state index in [9.17, 15) is 0 Å². The van der Waals surface area contributed by atoms with Crippen LogP contribution in [0, 0.1) is 0 Å². The Bertz CT molecular complexity index is 1050. The molecule has 0 N–H and O–H groups in total. The highest BCUT2D eigenvalue weighted by atomic mass is 127. The van der Waals surface area contributed by atoms with Gasteiger partial charge in [0, 0.05) is 15.4 Å². The molecule has 1 nitrogen and oxygen atoms in total. The number of pyridine rings is 1. The molecule has 1 aliphatic carbocycles. The van der Waals surface area contributed by atoms with Crippen molar-refractivity contribution in [2.45, 2.75) is 12.3 Å². The Morgan fingerprint density at radius 2 is 1.81 bits per heavy atom. The van der Waals surface area contributed by atoms with Crippen LogP contribution in [-0.4, -0.2) is 9.41 Å². The number of benzene rings is 2. The summed E-state index contributed by atoms with van der Waals surface area (Å²) < 4.78 is 0.943. The molecule has 0 saturated heterocycles. The Hall–Kier alpha value is -2.20. The number of allylic oxidation sites excluding steroid dienone is 5. The molecule has 0 fully saturated rings. The van der Waals surface area contributed by atoms with Crippen LogP contribution in [0.1, 0.15) is 23.7 Å². The molecule has 128 valence electrons. The van der Waals surface area contributed by atoms with Gasteiger partial charge in [-0.3, -0.25) is 0 Å². The average Bonchev–Trinajstić information content (AvgIpc) is 2.96. The van der Waals surface area contributed by atoms with Crippen LogP contribution in [0.4, 0.5) is 0 Å². The molecule has 4 rings (SSSR count). The van der Waals surface area contributed by atoms with E-state index >= 15 is 0 Å². The van der Waals surface area contributed by atoms with Crippen molar-refractivity contribution in [2.24, 2.45) is 0 Å². The second-order valence-electron chi connectivity index (χ2n) is 6.51. The van der Waals surface area contributed by atoms with Crippen molar-refractivity contribution in [3.05, 3.63) is 108 Å². The Kier molecular flexibility index (Phi) is 4.53. The molecular weight excluding hydrogens is 429 g/mol. The molecule has 1 atom stereocenters. The van der Waals surface area contributed by atoms with Gasteiger partial charge in [-0.25, -0.2) is 4.98 Å². The van der Waals surface area contributed by atoms with E-state index in [2.05, 4.69) is 103 Å². The zero-order valence-electron chi connectivity index (χ0n) is 14.7. The summed E-state index contributed by atoms with van der Waals surface area (Å²) >= 11 is 2.52. The fourth-order valence-electron chi connectivity index (χ4n) is 4.01. The SMILES string of the molecule is C=CC1=C(/C=C\C)C(CI)(c2ccccc2)c2cc3ccccc3nc21. The van der Waals surface area contributed by atoms with Crippen LogP contribution in [0.3, 0.4) is 0 Å². The maximum absolute atomic E-state index is 5.04. The highest BCUT2D eigenvalue weighted by Crippen LogP contribution is 2.52. The van der Waals surface area contributed by atoms with Gasteiger partial charge in [0.1, 0.15) is 0 Å². The van der Waals surface area contributed by atoms with Crippen molar-refractivity contribution in [3.8, 4) is 0 Å². The van der Waals surface area contributed by atoms with Crippen LogP contribution >= 0.6 is 22.6 Å². The molecule has 0 saturated carbocycles. The molecule has 1 unspecified atom stereocenters. The molecule has 1 aromatic heterocycles. The third kappa shape index (κ3) is 2.39. The minimum Gasteiger partial charge on any atom is -0.247 e. The predicted octanol–water partition coefficient (Wildman–Crippen LogP) is 6.49. The van der Waals surface area contributed by atoms with E-state index in [1.54, 1.807) is 0 Å². The first-order valence-electron chi connectivity index (χ1n) is 8.78.